The van der Waals surface area contributed by atoms with Gasteiger partial charge in [-0.3, -0.25) is 14.5 Å². The van der Waals surface area contributed by atoms with Gasteiger partial charge in [0.05, 0.1) is 0 Å². The SMILES string of the molecule is CN1C(=O)C=C[C@](C)(O)C1=O. The molecule has 60 valence electrons. The molecule has 4 heteroatoms. The summed E-state index contributed by atoms with van der Waals surface area (Å²) in [5.41, 5.74) is -1.53. The van der Waals surface area contributed by atoms with Gasteiger partial charge < -0.3 is 5.11 Å². The summed E-state index contributed by atoms with van der Waals surface area (Å²) >= 11 is 0. The molecule has 0 unspecified atom stereocenters. The van der Waals surface area contributed by atoms with Crippen LogP contribution in [0, 0.1) is 0 Å². The van der Waals surface area contributed by atoms with Crippen LogP contribution in [0.2, 0.25) is 0 Å². The van der Waals surface area contributed by atoms with Gasteiger partial charge in [-0.2, -0.15) is 0 Å². The van der Waals surface area contributed by atoms with E-state index in [9.17, 15) is 14.7 Å². The summed E-state index contributed by atoms with van der Waals surface area (Å²) in [5.74, 6) is -0.994. The van der Waals surface area contributed by atoms with Crippen molar-refractivity contribution >= 4 is 11.8 Å². The van der Waals surface area contributed by atoms with E-state index in [-0.39, 0.29) is 0 Å². The average molecular weight is 155 g/mol. The lowest BCUT2D eigenvalue weighted by atomic mass is 10.0. The minimum Gasteiger partial charge on any atom is -0.376 e. The minimum atomic E-state index is -1.53. The van der Waals surface area contributed by atoms with E-state index in [1.165, 1.54) is 26.1 Å². The molecule has 0 fully saturated rings. The van der Waals surface area contributed by atoms with Crippen molar-refractivity contribution in [3.05, 3.63) is 12.2 Å². The number of imide groups is 1. The molecular formula is C7H9NO3. The van der Waals surface area contributed by atoms with Gasteiger partial charge in [0, 0.05) is 13.1 Å². The first-order valence-corrected chi connectivity index (χ1v) is 3.19. The number of hydrogen-bond acceptors (Lipinski definition) is 3. The fourth-order valence-corrected chi connectivity index (χ4v) is 0.856. The number of carbonyl (C=O) groups is 2. The average Bonchev–Trinajstić information content (AvgIpc) is 1.95. The predicted molar refractivity (Wildman–Crippen MR) is 37.5 cm³/mol. The molecule has 1 aliphatic rings. The second kappa shape index (κ2) is 2.17. The van der Waals surface area contributed by atoms with E-state index >= 15 is 0 Å². The van der Waals surface area contributed by atoms with Crippen molar-refractivity contribution in [1.29, 1.82) is 0 Å². The zero-order valence-corrected chi connectivity index (χ0v) is 6.37. The number of carbonyl (C=O) groups excluding carboxylic acids is 2. The zero-order valence-electron chi connectivity index (χ0n) is 6.37. The standard InChI is InChI=1S/C7H9NO3/c1-7(11)4-3-5(9)8(2)6(7)10/h3-4,11H,1-2H3/t7-/m0/s1. The molecule has 11 heavy (non-hydrogen) atoms. The summed E-state index contributed by atoms with van der Waals surface area (Å²) in [5, 5.41) is 9.30. The first-order chi connectivity index (χ1) is 4.95. The van der Waals surface area contributed by atoms with Crippen LogP contribution in [0.3, 0.4) is 0 Å². The van der Waals surface area contributed by atoms with Gasteiger partial charge in [0.1, 0.15) is 0 Å². The second-order valence-corrected chi connectivity index (χ2v) is 2.68. The van der Waals surface area contributed by atoms with E-state index < -0.39 is 17.4 Å². The Morgan fingerprint density at radius 2 is 2.09 bits per heavy atom. The van der Waals surface area contributed by atoms with Crippen molar-refractivity contribution in [1.82, 2.24) is 4.90 Å². The molecule has 0 saturated carbocycles. The summed E-state index contributed by atoms with van der Waals surface area (Å²) in [6.45, 7) is 1.34. The van der Waals surface area contributed by atoms with Gasteiger partial charge in [-0.1, -0.05) is 0 Å². The third kappa shape index (κ3) is 1.17. The Labute approximate surface area is 64.1 Å². The van der Waals surface area contributed by atoms with Gasteiger partial charge in [0.25, 0.3) is 11.8 Å². The predicted octanol–water partition coefficient (Wildman–Crippen LogP) is -0.708. The molecule has 0 saturated heterocycles. The largest absolute Gasteiger partial charge is 0.376 e. The molecule has 0 radical (unpaired) electrons. The molecule has 1 atom stereocenters. The van der Waals surface area contributed by atoms with Crippen LogP contribution in [0.25, 0.3) is 0 Å². The lowest BCUT2D eigenvalue weighted by Gasteiger charge is -2.27. The van der Waals surface area contributed by atoms with Gasteiger partial charge in [-0.15, -0.1) is 0 Å². The fraction of sp³-hybridized carbons (Fsp3) is 0.429. The normalized spacial score (nSPS) is 31.4. The van der Waals surface area contributed by atoms with E-state index in [1.54, 1.807) is 0 Å². The molecule has 1 N–H and O–H groups in total. The molecule has 4 nitrogen and oxygen atoms in total. The highest BCUT2D eigenvalue weighted by Gasteiger charge is 2.35. The number of amides is 2. The highest BCUT2D eigenvalue weighted by atomic mass is 16.3. The molecule has 0 bridgehead atoms. The monoisotopic (exact) mass is 155 g/mol. The van der Waals surface area contributed by atoms with Crippen LogP contribution in [-0.2, 0) is 9.59 Å². The smallest absolute Gasteiger partial charge is 0.264 e. The quantitative estimate of drug-likeness (QED) is 0.470. The van der Waals surface area contributed by atoms with Gasteiger partial charge >= 0.3 is 0 Å². The zero-order chi connectivity index (χ0) is 8.65. The third-order valence-electron chi connectivity index (χ3n) is 1.62. The van der Waals surface area contributed by atoms with E-state index in [4.69, 9.17) is 0 Å². The number of hydrogen-bond donors (Lipinski definition) is 1. The lowest BCUT2D eigenvalue weighted by molar-refractivity contribution is -0.151. The molecule has 1 heterocycles. The van der Waals surface area contributed by atoms with E-state index in [0.29, 0.717) is 0 Å². The number of nitrogens with zero attached hydrogens (tertiary/aromatic N) is 1. The van der Waals surface area contributed by atoms with Crippen molar-refractivity contribution in [3.63, 3.8) is 0 Å². The van der Waals surface area contributed by atoms with E-state index in [0.717, 1.165) is 4.90 Å². The van der Waals surface area contributed by atoms with Crippen molar-refractivity contribution in [2.24, 2.45) is 0 Å². The van der Waals surface area contributed by atoms with Gasteiger partial charge in [-0.05, 0) is 13.0 Å². The van der Waals surface area contributed by atoms with Crippen LogP contribution in [0.15, 0.2) is 12.2 Å². The van der Waals surface area contributed by atoms with Crippen LogP contribution in [-0.4, -0.2) is 34.5 Å². The van der Waals surface area contributed by atoms with Crippen LogP contribution in [0.5, 0.6) is 0 Å². The fourth-order valence-electron chi connectivity index (χ4n) is 0.856. The summed E-state index contributed by atoms with van der Waals surface area (Å²) in [6, 6.07) is 0. The summed E-state index contributed by atoms with van der Waals surface area (Å²) in [7, 11) is 1.34. The minimum absolute atomic E-state index is 0.401. The highest BCUT2D eigenvalue weighted by molar-refractivity contribution is 6.07. The molecule has 0 aliphatic carbocycles. The Morgan fingerprint density at radius 3 is 2.55 bits per heavy atom. The Balaban J connectivity index is 3.04. The topological polar surface area (TPSA) is 57.6 Å². The molecule has 0 aromatic carbocycles. The van der Waals surface area contributed by atoms with Crippen molar-refractivity contribution in [2.75, 3.05) is 7.05 Å². The van der Waals surface area contributed by atoms with Crippen molar-refractivity contribution in [3.8, 4) is 0 Å². The van der Waals surface area contributed by atoms with Crippen LogP contribution < -0.4 is 0 Å². The Hall–Kier alpha value is -1.16. The van der Waals surface area contributed by atoms with Gasteiger partial charge in [0.2, 0.25) is 0 Å². The van der Waals surface area contributed by atoms with E-state index in [2.05, 4.69) is 0 Å². The summed E-state index contributed by atoms with van der Waals surface area (Å²) < 4.78 is 0. The van der Waals surface area contributed by atoms with Crippen LogP contribution >= 0.6 is 0 Å². The highest BCUT2D eigenvalue weighted by Crippen LogP contribution is 2.14. The number of rotatable bonds is 0. The van der Waals surface area contributed by atoms with Crippen LogP contribution in [0.1, 0.15) is 6.92 Å². The second-order valence-electron chi connectivity index (χ2n) is 2.68. The maximum absolute atomic E-state index is 11.1. The van der Waals surface area contributed by atoms with Gasteiger partial charge in [0.15, 0.2) is 5.60 Å². The van der Waals surface area contributed by atoms with Crippen molar-refractivity contribution < 1.29 is 14.7 Å². The Morgan fingerprint density at radius 1 is 1.55 bits per heavy atom. The van der Waals surface area contributed by atoms with Crippen molar-refractivity contribution in [2.45, 2.75) is 12.5 Å². The number of likely N-dealkylation sites (N-methyl/N-ethyl adjacent to an activating group) is 1. The molecule has 0 aromatic rings. The molecule has 2 amide bonds. The first-order valence-electron chi connectivity index (χ1n) is 3.19. The Bertz CT molecular complexity index is 242. The Kier molecular flexibility index (Phi) is 1.56. The first kappa shape index (κ1) is 7.94. The maximum atomic E-state index is 11.1. The number of aliphatic hydroxyl groups is 1. The third-order valence-corrected chi connectivity index (χ3v) is 1.62. The maximum Gasteiger partial charge on any atom is 0.264 e. The summed E-state index contributed by atoms with van der Waals surface area (Å²) in [4.78, 5) is 22.7. The molecular weight excluding hydrogens is 146 g/mol. The molecule has 1 rings (SSSR count). The molecule has 1 aliphatic heterocycles. The lowest BCUT2D eigenvalue weighted by Crippen LogP contribution is -2.49. The molecule has 0 spiro atoms. The molecule has 0 aromatic heterocycles. The summed E-state index contributed by atoms with van der Waals surface area (Å²) in [6.07, 6.45) is 2.37. The van der Waals surface area contributed by atoms with E-state index in [1.807, 2.05) is 0 Å². The van der Waals surface area contributed by atoms with Gasteiger partial charge in [-0.25, -0.2) is 0 Å². The van der Waals surface area contributed by atoms with Crippen LogP contribution in [0.4, 0.5) is 0 Å².